The van der Waals surface area contributed by atoms with Gasteiger partial charge in [-0.2, -0.15) is 11.8 Å². The molecule has 116 valence electrons. The zero-order valence-electron chi connectivity index (χ0n) is 13.0. The molecule has 0 amide bonds. The zero-order chi connectivity index (χ0) is 15.6. The monoisotopic (exact) mass is 314 g/mol. The molecule has 0 N–H and O–H groups in total. The maximum absolute atomic E-state index is 11.5. The Morgan fingerprint density at radius 2 is 1.73 bits per heavy atom. The van der Waals surface area contributed by atoms with Gasteiger partial charge in [-0.05, 0) is 43.2 Å². The maximum Gasteiger partial charge on any atom is 0.163 e. The zero-order valence-corrected chi connectivity index (χ0v) is 13.8. The van der Waals surface area contributed by atoms with Crippen molar-refractivity contribution in [1.82, 2.24) is 0 Å². The van der Waals surface area contributed by atoms with E-state index in [4.69, 9.17) is 4.74 Å². The van der Waals surface area contributed by atoms with Gasteiger partial charge in [0.25, 0.3) is 0 Å². The van der Waals surface area contributed by atoms with Crippen molar-refractivity contribution in [2.45, 2.75) is 19.8 Å². The van der Waals surface area contributed by atoms with Crippen molar-refractivity contribution in [3.8, 4) is 5.75 Å². The molecule has 0 unspecified atom stereocenters. The van der Waals surface area contributed by atoms with Gasteiger partial charge in [0, 0.05) is 5.75 Å². The Labute approximate surface area is 136 Å². The van der Waals surface area contributed by atoms with Crippen LogP contribution in [-0.4, -0.2) is 23.9 Å². The molecule has 0 fully saturated rings. The third-order valence-corrected chi connectivity index (χ3v) is 4.38. The lowest BCUT2D eigenvalue weighted by molar-refractivity contribution is 0.101. The Morgan fingerprint density at radius 3 is 2.50 bits per heavy atom. The summed E-state index contributed by atoms with van der Waals surface area (Å²) in [6, 6.07) is 18.0. The summed E-state index contributed by atoms with van der Waals surface area (Å²) < 4.78 is 5.72. The second kappa shape index (κ2) is 9.31. The smallest absolute Gasteiger partial charge is 0.163 e. The standard InChI is InChI=1S/C19H22O2S/c1-16(20)18-11-5-6-12-19(18)21-13-15-22-14-7-10-17-8-3-2-4-9-17/h2-6,8-9,11-12H,7,10,13-15H2,1H3. The van der Waals surface area contributed by atoms with E-state index in [0.29, 0.717) is 17.9 Å². The molecule has 0 radical (unpaired) electrons. The van der Waals surface area contributed by atoms with Gasteiger partial charge in [0.05, 0.1) is 12.2 Å². The summed E-state index contributed by atoms with van der Waals surface area (Å²) in [6.07, 6.45) is 2.31. The van der Waals surface area contributed by atoms with E-state index in [0.717, 1.165) is 17.9 Å². The van der Waals surface area contributed by atoms with E-state index < -0.39 is 0 Å². The Morgan fingerprint density at radius 1 is 1.00 bits per heavy atom. The van der Waals surface area contributed by atoms with E-state index in [1.165, 1.54) is 12.0 Å². The normalized spacial score (nSPS) is 10.4. The Kier molecular flexibility index (Phi) is 7.04. The van der Waals surface area contributed by atoms with E-state index >= 15 is 0 Å². The molecule has 2 aromatic carbocycles. The van der Waals surface area contributed by atoms with E-state index in [1.807, 2.05) is 36.0 Å². The largest absolute Gasteiger partial charge is 0.492 e. The highest BCUT2D eigenvalue weighted by Gasteiger charge is 2.06. The van der Waals surface area contributed by atoms with Gasteiger partial charge < -0.3 is 4.74 Å². The van der Waals surface area contributed by atoms with Crippen LogP contribution in [0.5, 0.6) is 5.75 Å². The average Bonchev–Trinajstić information content (AvgIpc) is 2.55. The molecule has 22 heavy (non-hydrogen) atoms. The molecule has 2 rings (SSSR count). The van der Waals surface area contributed by atoms with E-state index in [2.05, 4.69) is 30.3 Å². The molecule has 0 bridgehead atoms. The summed E-state index contributed by atoms with van der Waals surface area (Å²) >= 11 is 1.90. The van der Waals surface area contributed by atoms with Gasteiger partial charge in [-0.15, -0.1) is 0 Å². The van der Waals surface area contributed by atoms with Crippen LogP contribution in [0.4, 0.5) is 0 Å². The third kappa shape index (κ3) is 5.57. The Balaban J connectivity index is 1.61. The first-order valence-electron chi connectivity index (χ1n) is 7.62. The number of thioether (sulfide) groups is 1. The van der Waals surface area contributed by atoms with Crippen LogP contribution in [0.15, 0.2) is 54.6 Å². The van der Waals surface area contributed by atoms with Crippen LogP contribution in [0.3, 0.4) is 0 Å². The topological polar surface area (TPSA) is 26.3 Å². The molecule has 0 aliphatic carbocycles. The minimum Gasteiger partial charge on any atom is -0.492 e. The van der Waals surface area contributed by atoms with Crippen LogP contribution < -0.4 is 4.74 Å². The number of para-hydroxylation sites is 1. The number of hydrogen-bond donors (Lipinski definition) is 0. The number of hydrogen-bond acceptors (Lipinski definition) is 3. The summed E-state index contributed by atoms with van der Waals surface area (Å²) in [5, 5.41) is 0. The highest BCUT2D eigenvalue weighted by Crippen LogP contribution is 2.18. The molecule has 0 atom stereocenters. The Bertz CT molecular complexity index is 581. The minimum absolute atomic E-state index is 0.0473. The second-order valence-electron chi connectivity index (χ2n) is 5.10. The number of aryl methyl sites for hydroxylation is 1. The lowest BCUT2D eigenvalue weighted by atomic mass is 10.1. The SMILES string of the molecule is CC(=O)c1ccccc1OCCSCCCc1ccccc1. The van der Waals surface area contributed by atoms with Crippen LogP contribution in [0.1, 0.15) is 29.3 Å². The number of rotatable bonds is 9. The van der Waals surface area contributed by atoms with Crippen molar-refractivity contribution in [2.75, 3.05) is 18.1 Å². The van der Waals surface area contributed by atoms with Gasteiger partial charge in [0.1, 0.15) is 5.75 Å². The third-order valence-electron chi connectivity index (χ3n) is 3.35. The van der Waals surface area contributed by atoms with E-state index in [9.17, 15) is 4.79 Å². The number of ketones is 1. The first-order chi connectivity index (χ1) is 10.8. The number of ether oxygens (including phenoxy) is 1. The van der Waals surface area contributed by atoms with Crippen molar-refractivity contribution in [2.24, 2.45) is 0 Å². The molecule has 0 aliphatic heterocycles. The molecule has 0 aromatic heterocycles. The summed E-state index contributed by atoms with van der Waals surface area (Å²) in [4.78, 5) is 11.5. The quantitative estimate of drug-likeness (QED) is 0.498. The molecule has 3 heteroatoms. The first-order valence-corrected chi connectivity index (χ1v) is 8.77. The van der Waals surface area contributed by atoms with Gasteiger partial charge in [0.2, 0.25) is 0 Å². The number of benzene rings is 2. The van der Waals surface area contributed by atoms with Crippen molar-refractivity contribution >= 4 is 17.5 Å². The summed E-state index contributed by atoms with van der Waals surface area (Å²) in [5.41, 5.74) is 2.06. The predicted octanol–water partition coefficient (Wildman–Crippen LogP) is 4.63. The highest BCUT2D eigenvalue weighted by molar-refractivity contribution is 7.99. The van der Waals surface area contributed by atoms with Crippen molar-refractivity contribution in [1.29, 1.82) is 0 Å². The molecule has 0 spiro atoms. The van der Waals surface area contributed by atoms with Gasteiger partial charge >= 0.3 is 0 Å². The summed E-state index contributed by atoms with van der Waals surface area (Å²) in [7, 11) is 0. The van der Waals surface area contributed by atoms with Gasteiger partial charge in [-0.3, -0.25) is 4.79 Å². The van der Waals surface area contributed by atoms with E-state index in [1.54, 1.807) is 6.92 Å². The fourth-order valence-corrected chi connectivity index (χ4v) is 2.97. The number of carbonyl (C=O) groups excluding carboxylic acids is 1. The fraction of sp³-hybridized carbons (Fsp3) is 0.316. The minimum atomic E-state index is 0.0473. The van der Waals surface area contributed by atoms with Crippen molar-refractivity contribution < 1.29 is 9.53 Å². The molecule has 0 saturated carbocycles. The molecule has 0 heterocycles. The molecule has 2 aromatic rings. The molecule has 0 aliphatic rings. The van der Waals surface area contributed by atoms with E-state index in [-0.39, 0.29) is 5.78 Å². The van der Waals surface area contributed by atoms with Gasteiger partial charge in [0.15, 0.2) is 5.78 Å². The van der Waals surface area contributed by atoms with Gasteiger partial charge in [-0.1, -0.05) is 42.5 Å². The first kappa shape index (κ1) is 16.6. The fourth-order valence-electron chi connectivity index (χ4n) is 2.22. The molecular weight excluding hydrogens is 292 g/mol. The van der Waals surface area contributed by atoms with Crippen LogP contribution in [0, 0.1) is 0 Å². The van der Waals surface area contributed by atoms with Crippen molar-refractivity contribution in [3.63, 3.8) is 0 Å². The van der Waals surface area contributed by atoms with Gasteiger partial charge in [-0.25, -0.2) is 0 Å². The molecule has 2 nitrogen and oxygen atoms in total. The van der Waals surface area contributed by atoms with Crippen LogP contribution in [0.2, 0.25) is 0 Å². The number of Topliss-reactive ketones (excluding diaryl/α,β-unsaturated/α-hetero) is 1. The second-order valence-corrected chi connectivity index (χ2v) is 6.33. The summed E-state index contributed by atoms with van der Waals surface area (Å²) in [5.74, 6) is 2.82. The summed E-state index contributed by atoms with van der Waals surface area (Å²) in [6.45, 7) is 2.21. The molecular formula is C19H22O2S. The highest BCUT2D eigenvalue weighted by atomic mass is 32.2. The van der Waals surface area contributed by atoms with Crippen LogP contribution in [0.25, 0.3) is 0 Å². The van der Waals surface area contributed by atoms with Crippen molar-refractivity contribution in [3.05, 3.63) is 65.7 Å². The number of carbonyl (C=O) groups is 1. The van der Waals surface area contributed by atoms with Crippen LogP contribution in [-0.2, 0) is 6.42 Å². The Hall–Kier alpha value is -1.74. The lowest BCUT2D eigenvalue weighted by Gasteiger charge is -2.09. The lowest BCUT2D eigenvalue weighted by Crippen LogP contribution is -2.05. The molecule has 0 saturated heterocycles. The predicted molar refractivity (Wildman–Crippen MR) is 94.0 cm³/mol. The van der Waals surface area contributed by atoms with Crippen LogP contribution >= 0.6 is 11.8 Å². The maximum atomic E-state index is 11.5. The average molecular weight is 314 g/mol.